The molecule has 7 heteroatoms. The first-order valence-electron chi connectivity index (χ1n) is 7.47. The molecule has 0 heterocycles. The third-order valence-corrected chi connectivity index (χ3v) is 2.60. The predicted molar refractivity (Wildman–Crippen MR) is 90.4 cm³/mol. The molecular formula is C17H27NO6. The molecule has 0 atom stereocenters. The molecule has 0 radical (unpaired) electrons. The molecule has 24 heavy (non-hydrogen) atoms. The lowest BCUT2D eigenvalue weighted by Gasteiger charge is -2.18. The molecular weight excluding hydrogens is 314 g/mol. The van der Waals surface area contributed by atoms with Gasteiger partial charge in [0.2, 0.25) is 0 Å². The molecule has 0 amide bonds. The van der Waals surface area contributed by atoms with E-state index in [1.165, 1.54) is 5.56 Å². The number of carboxylic acid groups (broad SMARTS) is 1. The van der Waals surface area contributed by atoms with Crippen LogP contribution in [-0.4, -0.2) is 43.4 Å². The van der Waals surface area contributed by atoms with Gasteiger partial charge in [0, 0.05) is 0 Å². The van der Waals surface area contributed by atoms with Gasteiger partial charge >= 0.3 is 11.9 Å². The molecule has 0 spiro atoms. The number of benzene rings is 1. The van der Waals surface area contributed by atoms with Gasteiger partial charge in [-0.3, -0.25) is 9.59 Å². The maximum Gasteiger partial charge on any atom is 0.317 e. The van der Waals surface area contributed by atoms with E-state index in [0.29, 0.717) is 6.54 Å². The summed E-state index contributed by atoms with van der Waals surface area (Å²) in [5.74, 6) is -0.360. The van der Waals surface area contributed by atoms with Crippen molar-refractivity contribution < 1.29 is 28.9 Å². The maximum absolute atomic E-state index is 10.7. The van der Waals surface area contributed by atoms with Crippen LogP contribution in [0.2, 0.25) is 0 Å². The molecule has 0 bridgehead atoms. The third kappa shape index (κ3) is 9.68. The lowest BCUT2D eigenvalue weighted by atomic mass is 10.1. The second-order valence-corrected chi connectivity index (χ2v) is 5.88. The van der Waals surface area contributed by atoms with E-state index in [4.69, 9.17) is 25.1 Å². The number of methoxy groups -OCH3 is 2. The second kappa shape index (κ2) is 10.5. The minimum Gasteiger partial charge on any atom is -0.493 e. The summed E-state index contributed by atoms with van der Waals surface area (Å²) in [5, 5.41) is 8.18. The Balaban J connectivity index is 0.000000449. The zero-order valence-electron chi connectivity index (χ0n) is 14.9. The number of esters is 1. The van der Waals surface area contributed by atoms with Crippen molar-refractivity contribution in [2.45, 2.75) is 39.2 Å². The number of hydrogen-bond donors (Lipinski definition) is 2. The quantitative estimate of drug-likeness (QED) is 0.602. The van der Waals surface area contributed by atoms with Crippen LogP contribution in [0.3, 0.4) is 0 Å². The van der Waals surface area contributed by atoms with E-state index >= 15 is 0 Å². The van der Waals surface area contributed by atoms with Crippen LogP contribution >= 0.6 is 0 Å². The minimum atomic E-state index is -1.17. The second-order valence-electron chi connectivity index (χ2n) is 5.88. The van der Waals surface area contributed by atoms with Gasteiger partial charge in [0.05, 0.1) is 14.2 Å². The third-order valence-electron chi connectivity index (χ3n) is 2.60. The van der Waals surface area contributed by atoms with Gasteiger partial charge in [-0.25, -0.2) is 0 Å². The summed E-state index contributed by atoms with van der Waals surface area (Å²) in [6.07, 6.45) is 0.289. The summed E-state index contributed by atoms with van der Waals surface area (Å²) < 4.78 is 15.0. The topological polar surface area (TPSA) is 108 Å². The Morgan fingerprint density at radius 3 is 2.12 bits per heavy atom. The summed E-state index contributed by atoms with van der Waals surface area (Å²) in [4.78, 5) is 20.7. The van der Waals surface area contributed by atoms with Crippen LogP contribution in [0.15, 0.2) is 18.2 Å². The van der Waals surface area contributed by atoms with E-state index in [1.54, 1.807) is 35.0 Å². The standard InChI is InChI=1S/C10H15NO2.C7H12O4/c1-12-9-4-3-8(5-6-11)7-10(9)13-2;1-7(2,3)11-6(10)4-5(8)9/h3-4,7H,5-6,11H2,1-2H3;4H2,1-3H3,(H,8,9). The Kier molecular flexibility index (Phi) is 9.49. The van der Waals surface area contributed by atoms with Crippen molar-refractivity contribution in [1.82, 2.24) is 0 Å². The fourth-order valence-corrected chi connectivity index (χ4v) is 1.70. The van der Waals surface area contributed by atoms with Gasteiger partial charge in [0.1, 0.15) is 12.0 Å². The fourth-order valence-electron chi connectivity index (χ4n) is 1.70. The highest BCUT2D eigenvalue weighted by atomic mass is 16.6. The fraction of sp³-hybridized carbons (Fsp3) is 0.529. The molecule has 3 N–H and O–H groups in total. The van der Waals surface area contributed by atoms with Crippen LogP contribution < -0.4 is 15.2 Å². The van der Waals surface area contributed by atoms with Crippen molar-refractivity contribution >= 4 is 11.9 Å². The number of rotatable bonds is 6. The van der Waals surface area contributed by atoms with Gasteiger partial charge in [-0.05, 0) is 51.4 Å². The number of carbonyl (C=O) groups is 2. The molecule has 0 fully saturated rings. The molecule has 7 nitrogen and oxygen atoms in total. The van der Waals surface area contributed by atoms with Gasteiger partial charge in [-0.2, -0.15) is 0 Å². The van der Waals surface area contributed by atoms with E-state index in [2.05, 4.69) is 0 Å². The molecule has 0 aliphatic carbocycles. The normalized spacial score (nSPS) is 10.2. The lowest BCUT2D eigenvalue weighted by Crippen LogP contribution is -2.25. The molecule has 136 valence electrons. The molecule has 0 saturated carbocycles. The number of nitrogens with two attached hydrogens (primary N) is 1. The van der Waals surface area contributed by atoms with Gasteiger partial charge in [-0.15, -0.1) is 0 Å². The zero-order valence-corrected chi connectivity index (χ0v) is 14.9. The number of carbonyl (C=O) groups excluding carboxylic acids is 1. The van der Waals surface area contributed by atoms with Gasteiger partial charge in [-0.1, -0.05) is 6.07 Å². The first-order valence-corrected chi connectivity index (χ1v) is 7.47. The highest BCUT2D eigenvalue weighted by molar-refractivity contribution is 5.90. The van der Waals surface area contributed by atoms with Crippen LogP contribution in [0.4, 0.5) is 0 Å². The first-order chi connectivity index (χ1) is 11.1. The molecule has 1 aromatic carbocycles. The highest BCUT2D eigenvalue weighted by Gasteiger charge is 2.17. The van der Waals surface area contributed by atoms with E-state index in [1.807, 2.05) is 18.2 Å². The summed E-state index contributed by atoms with van der Waals surface area (Å²) in [6, 6.07) is 5.84. The summed E-state index contributed by atoms with van der Waals surface area (Å²) in [5.41, 5.74) is 6.01. The molecule has 1 rings (SSSR count). The molecule has 0 aromatic heterocycles. The van der Waals surface area contributed by atoms with Crippen LogP contribution in [0.5, 0.6) is 11.5 Å². The highest BCUT2D eigenvalue weighted by Crippen LogP contribution is 2.27. The smallest absolute Gasteiger partial charge is 0.317 e. The van der Waals surface area contributed by atoms with Crippen LogP contribution in [0.1, 0.15) is 32.8 Å². The van der Waals surface area contributed by atoms with Crippen molar-refractivity contribution in [2.24, 2.45) is 5.73 Å². The number of hydrogen-bond acceptors (Lipinski definition) is 6. The molecule has 1 aromatic rings. The van der Waals surface area contributed by atoms with Crippen molar-refractivity contribution in [2.75, 3.05) is 20.8 Å². The SMILES string of the molecule is CC(C)(C)OC(=O)CC(=O)O.COc1ccc(CCN)cc1OC. The number of aliphatic carboxylic acids is 1. The van der Waals surface area contributed by atoms with Gasteiger partial charge in [0.15, 0.2) is 11.5 Å². The Bertz CT molecular complexity index is 536. The van der Waals surface area contributed by atoms with Crippen molar-refractivity contribution in [1.29, 1.82) is 0 Å². The molecule has 0 unspecified atom stereocenters. The van der Waals surface area contributed by atoms with E-state index < -0.39 is 24.0 Å². The number of ether oxygens (including phenoxy) is 3. The molecule has 0 saturated heterocycles. The minimum absolute atomic E-state index is 0.572. The summed E-state index contributed by atoms with van der Waals surface area (Å²) in [7, 11) is 3.25. The largest absolute Gasteiger partial charge is 0.493 e. The Morgan fingerprint density at radius 1 is 1.12 bits per heavy atom. The molecule has 0 aliphatic rings. The average Bonchev–Trinajstić information content (AvgIpc) is 2.45. The lowest BCUT2D eigenvalue weighted by molar-refractivity contribution is -0.159. The maximum atomic E-state index is 10.7. The Morgan fingerprint density at radius 2 is 1.71 bits per heavy atom. The summed E-state index contributed by atoms with van der Waals surface area (Å²) in [6.45, 7) is 5.71. The monoisotopic (exact) mass is 341 g/mol. The van der Waals surface area contributed by atoms with Crippen molar-refractivity contribution in [3.63, 3.8) is 0 Å². The first kappa shape index (κ1) is 21.7. The van der Waals surface area contributed by atoms with E-state index in [-0.39, 0.29) is 0 Å². The van der Waals surface area contributed by atoms with Crippen LogP contribution in [-0.2, 0) is 20.7 Å². The van der Waals surface area contributed by atoms with Gasteiger partial charge in [0.25, 0.3) is 0 Å². The number of carboxylic acids is 1. The van der Waals surface area contributed by atoms with Crippen LogP contribution in [0, 0.1) is 0 Å². The molecule has 0 aliphatic heterocycles. The van der Waals surface area contributed by atoms with E-state index in [9.17, 15) is 9.59 Å². The summed E-state index contributed by atoms with van der Waals surface area (Å²) >= 11 is 0. The van der Waals surface area contributed by atoms with Crippen molar-refractivity contribution in [3.8, 4) is 11.5 Å². The predicted octanol–water partition coefficient (Wildman–Crippen LogP) is 2.01. The van der Waals surface area contributed by atoms with Gasteiger partial charge < -0.3 is 25.1 Å². The zero-order chi connectivity index (χ0) is 18.8. The van der Waals surface area contributed by atoms with Crippen molar-refractivity contribution in [3.05, 3.63) is 23.8 Å². The average molecular weight is 341 g/mol. The Labute approximate surface area is 142 Å². The Hall–Kier alpha value is -2.28. The van der Waals surface area contributed by atoms with E-state index in [0.717, 1.165) is 17.9 Å². The van der Waals surface area contributed by atoms with Crippen LogP contribution in [0.25, 0.3) is 0 Å².